The van der Waals surface area contributed by atoms with Crippen LogP contribution in [0.1, 0.15) is 34.3 Å². The normalized spacial score (nSPS) is 15.6. The highest BCUT2D eigenvalue weighted by Gasteiger charge is 2.48. The molecule has 0 aliphatic heterocycles. The predicted molar refractivity (Wildman–Crippen MR) is 86.7 cm³/mol. The number of para-hydroxylation sites is 1. The summed E-state index contributed by atoms with van der Waals surface area (Å²) >= 11 is 0. The molecular formula is C19H16N2O. The van der Waals surface area contributed by atoms with E-state index in [-0.39, 0.29) is 11.3 Å². The monoisotopic (exact) mass is 288 g/mol. The zero-order valence-corrected chi connectivity index (χ0v) is 12.1. The van der Waals surface area contributed by atoms with E-state index < -0.39 is 0 Å². The second kappa shape index (κ2) is 4.67. The highest BCUT2D eigenvalue weighted by Crippen LogP contribution is 2.55. The lowest BCUT2D eigenvalue weighted by molar-refractivity contribution is 0.0999. The SMILES string of the molecule is NC(=O)c1ccccc1C1(c2cccc3cccnc23)CC1. The van der Waals surface area contributed by atoms with Gasteiger partial charge in [0.2, 0.25) is 5.91 Å². The van der Waals surface area contributed by atoms with Gasteiger partial charge in [-0.1, -0.05) is 42.5 Å². The van der Waals surface area contributed by atoms with Crippen molar-refractivity contribution in [2.24, 2.45) is 5.73 Å². The third kappa shape index (κ3) is 1.82. The molecule has 0 unspecified atom stereocenters. The second-order valence-electron chi connectivity index (χ2n) is 5.87. The molecule has 1 amide bonds. The van der Waals surface area contributed by atoms with Gasteiger partial charge in [0.05, 0.1) is 5.52 Å². The van der Waals surface area contributed by atoms with Crippen molar-refractivity contribution in [3.63, 3.8) is 0 Å². The fourth-order valence-corrected chi connectivity index (χ4v) is 3.41. The van der Waals surface area contributed by atoms with Crippen LogP contribution in [-0.4, -0.2) is 10.9 Å². The van der Waals surface area contributed by atoms with Gasteiger partial charge in [-0.25, -0.2) is 0 Å². The molecule has 108 valence electrons. The Balaban J connectivity index is 1.97. The summed E-state index contributed by atoms with van der Waals surface area (Å²) < 4.78 is 0. The Bertz CT molecular complexity index is 876. The van der Waals surface area contributed by atoms with Gasteiger partial charge >= 0.3 is 0 Å². The number of nitrogens with zero attached hydrogens (tertiary/aromatic N) is 1. The highest BCUT2D eigenvalue weighted by atomic mass is 16.1. The minimum atomic E-state index is -0.366. The fourth-order valence-electron chi connectivity index (χ4n) is 3.41. The number of benzene rings is 2. The van der Waals surface area contributed by atoms with Crippen molar-refractivity contribution in [2.75, 3.05) is 0 Å². The molecule has 1 saturated carbocycles. The standard InChI is InChI=1S/C19H16N2O/c20-18(22)14-7-1-2-8-15(14)19(10-11-19)16-9-3-5-13-6-4-12-21-17(13)16/h1-9,12H,10-11H2,(H2,20,22). The number of amides is 1. The second-order valence-corrected chi connectivity index (χ2v) is 5.87. The number of aromatic nitrogens is 1. The first-order chi connectivity index (χ1) is 10.7. The van der Waals surface area contributed by atoms with Crippen molar-refractivity contribution in [1.29, 1.82) is 0 Å². The maximum atomic E-state index is 11.8. The largest absolute Gasteiger partial charge is 0.366 e. The Morgan fingerprint density at radius 1 is 0.955 bits per heavy atom. The van der Waals surface area contributed by atoms with Crippen molar-refractivity contribution in [3.05, 3.63) is 77.5 Å². The van der Waals surface area contributed by atoms with E-state index >= 15 is 0 Å². The number of hydrogen-bond acceptors (Lipinski definition) is 2. The predicted octanol–water partition coefficient (Wildman–Crippen LogP) is 3.41. The summed E-state index contributed by atoms with van der Waals surface area (Å²) in [5, 5.41) is 1.13. The van der Waals surface area contributed by atoms with E-state index in [0.29, 0.717) is 5.56 Å². The van der Waals surface area contributed by atoms with E-state index in [1.165, 1.54) is 5.56 Å². The number of nitrogens with two attached hydrogens (primary N) is 1. The molecule has 0 spiro atoms. The minimum absolute atomic E-state index is 0.126. The Morgan fingerprint density at radius 2 is 1.68 bits per heavy atom. The van der Waals surface area contributed by atoms with Crippen molar-refractivity contribution < 1.29 is 4.79 Å². The molecule has 1 aromatic heterocycles. The van der Waals surface area contributed by atoms with Crippen LogP contribution in [-0.2, 0) is 5.41 Å². The van der Waals surface area contributed by atoms with Gasteiger partial charge in [-0.2, -0.15) is 0 Å². The van der Waals surface area contributed by atoms with Gasteiger partial charge in [-0.05, 0) is 36.1 Å². The molecule has 0 atom stereocenters. The van der Waals surface area contributed by atoms with Crippen molar-refractivity contribution >= 4 is 16.8 Å². The molecule has 2 aromatic carbocycles. The molecule has 4 rings (SSSR count). The molecule has 1 aliphatic rings. The molecule has 1 aliphatic carbocycles. The molecule has 1 heterocycles. The number of primary amides is 1. The van der Waals surface area contributed by atoms with Crippen molar-refractivity contribution in [3.8, 4) is 0 Å². The summed E-state index contributed by atoms with van der Waals surface area (Å²) in [4.78, 5) is 16.4. The topological polar surface area (TPSA) is 56.0 Å². The maximum absolute atomic E-state index is 11.8. The fraction of sp³-hybridized carbons (Fsp3) is 0.158. The van der Waals surface area contributed by atoms with E-state index in [9.17, 15) is 4.79 Å². The molecule has 1 fully saturated rings. The Kier molecular flexibility index (Phi) is 2.76. The van der Waals surface area contributed by atoms with Crippen LogP contribution in [0.3, 0.4) is 0 Å². The molecule has 0 bridgehead atoms. The van der Waals surface area contributed by atoms with E-state index in [1.807, 2.05) is 36.5 Å². The van der Waals surface area contributed by atoms with Crippen molar-refractivity contribution in [1.82, 2.24) is 4.98 Å². The van der Waals surface area contributed by atoms with Gasteiger partial charge in [0.15, 0.2) is 0 Å². The summed E-state index contributed by atoms with van der Waals surface area (Å²) in [5.74, 6) is -0.366. The quantitative estimate of drug-likeness (QED) is 0.803. The van der Waals surface area contributed by atoms with Crippen LogP contribution in [0.2, 0.25) is 0 Å². The molecule has 0 radical (unpaired) electrons. The number of hydrogen-bond donors (Lipinski definition) is 1. The van der Waals surface area contributed by atoms with Gasteiger partial charge in [0.25, 0.3) is 0 Å². The van der Waals surface area contributed by atoms with Crippen LogP contribution in [0.25, 0.3) is 10.9 Å². The average Bonchev–Trinajstić information content (AvgIpc) is 3.36. The molecule has 3 aromatic rings. The number of pyridine rings is 1. The van der Waals surface area contributed by atoms with Gasteiger partial charge in [0.1, 0.15) is 0 Å². The molecule has 0 saturated heterocycles. The maximum Gasteiger partial charge on any atom is 0.249 e. The molecule has 22 heavy (non-hydrogen) atoms. The van der Waals surface area contributed by atoms with Gasteiger partial charge < -0.3 is 5.73 Å². The van der Waals surface area contributed by atoms with Crippen LogP contribution in [0.15, 0.2) is 60.8 Å². The van der Waals surface area contributed by atoms with Crippen LogP contribution in [0.5, 0.6) is 0 Å². The van der Waals surface area contributed by atoms with E-state index in [2.05, 4.69) is 29.2 Å². The van der Waals surface area contributed by atoms with Crippen LogP contribution < -0.4 is 5.73 Å². The number of fused-ring (bicyclic) bond motifs is 1. The highest BCUT2D eigenvalue weighted by molar-refractivity contribution is 5.95. The van der Waals surface area contributed by atoms with E-state index in [1.54, 1.807) is 0 Å². The first-order valence-corrected chi connectivity index (χ1v) is 7.46. The first-order valence-electron chi connectivity index (χ1n) is 7.46. The van der Waals surface area contributed by atoms with Crippen LogP contribution in [0.4, 0.5) is 0 Å². The van der Waals surface area contributed by atoms with Gasteiger partial charge in [0, 0.05) is 22.6 Å². The number of carbonyl (C=O) groups is 1. The average molecular weight is 288 g/mol. The summed E-state index contributed by atoms with van der Waals surface area (Å²) in [6.07, 6.45) is 3.86. The van der Waals surface area contributed by atoms with Gasteiger partial charge in [-0.3, -0.25) is 9.78 Å². The number of rotatable bonds is 3. The lowest BCUT2D eigenvalue weighted by Gasteiger charge is -2.20. The third-order valence-electron chi connectivity index (χ3n) is 4.61. The van der Waals surface area contributed by atoms with Crippen LogP contribution >= 0.6 is 0 Å². The first kappa shape index (κ1) is 13.0. The summed E-state index contributed by atoms with van der Waals surface area (Å²) in [6, 6.07) is 18.0. The number of carbonyl (C=O) groups excluding carboxylic acids is 1. The molecule has 3 nitrogen and oxygen atoms in total. The lowest BCUT2D eigenvalue weighted by Crippen LogP contribution is -2.19. The lowest BCUT2D eigenvalue weighted by atomic mass is 9.83. The Labute approximate surface area is 128 Å². The summed E-state index contributed by atoms with van der Waals surface area (Å²) in [5.41, 5.74) is 9.31. The Morgan fingerprint density at radius 3 is 2.45 bits per heavy atom. The van der Waals surface area contributed by atoms with Crippen LogP contribution in [0, 0.1) is 0 Å². The van der Waals surface area contributed by atoms with Gasteiger partial charge in [-0.15, -0.1) is 0 Å². The molecular weight excluding hydrogens is 272 g/mol. The summed E-state index contributed by atoms with van der Waals surface area (Å²) in [7, 11) is 0. The third-order valence-corrected chi connectivity index (χ3v) is 4.61. The zero-order chi connectivity index (χ0) is 15.2. The van der Waals surface area contributed by atoms with Crippen molar-refractivity contribution in [2.45, 2.75) is 18.3 Å². The summed E-state index contributed by atoms with van der Waals surface area (Å²) in [6.45, 7) is 0. The zero-order valence-electron chi connectivity index (χ0n) is 12.1. The molecule has 3 heteroatoms. The smallest absolute Gasteiger partial charge is 0.249 e. The van der Waals surface area contributed by atoms with E-state index in [0.717, 1.165) is 29.3 Å². The minimum Gasteiger partial charge on any atom is -0.366 e. The Hall–Kier alpha value is -2.68. The van der Waals surface area contributed by atoms with E-state index in [4.69, 9.17) is 5.73 Å². The molecule has 2 N–H and O–H groups in total.